The van der Waals surface area contributed by atoms with E-state index in [2.05, 4.69) is 15.5 Å². The zero-order valence-electron chi connectivity index (χ0n) is 17.8. The first-order valence-electron chi connectivity index (χ1n) is 10.0. The lowest BCUT2D eigenvalue weighted by Gasteiger charge is -2.30. The average Bonchev–Trinajstić information content (AvgIpc) is 3.27. The topological polar surface area (TPSA) is 107 Å². The van der Waals surface area contributed by atoms with Crippen molar-refractivity contribution in [3.63, 3.8) is 0 Å². The number of ether oxygens (including phenoxy) is 2. The van der Waals surface area contributed by atoms with E-state index < -0.39 is 0 Å². The lowest BCUT2D eigenvalue weighted by atomic mass is 9.96. The molecule has 1 aromatic heterocycles. The van der Waals surface area contributed by atoms with E-state index in [-0.39, 0.29) is 30.2 Å². The van der Waals surface area contributed by atoms with E-state index in [0.29, 0.717) is 36.3 Å². The van der Waals surface area contributed by atoms with E-state index in [9.17, 15) is 9.59 Å². The molecule has 9 heteroatoms. The molecule has 0 radical (unpaired) electrons. The van der Waals surface area contributed by atoms with Gasteiger partial charge in [-0.1, -0.05) is 19.0 Å². The van der Waals surface area contributed by atoms with Gasteiger partial charge in [0.05, 0.1) is 20.8 Å². The Labute approximate surface area is 175 Å². The van der Waals surface area contributed by atoms with Crippen LogP contribution in [0.2, 0.25) is 0 Å². The first-order chi connectivity index (χ1) is 14.4. The summed E-state index contributed by atoms with van der Waals surface area (Å²) in [6.45, 7) is 4.81. The minimum atomic E-state index is -0.138. The Kier molecular flexibility index (Phi) is 6.91. The number of amides is 2. The number of nitrogens with one attached hydrogen (secondary N) is 1. The Morgan fingerprint density at radius 2 is 1.90 bits per heavy atom. The average molecular weight is 416 g/mol. The molecule has 2 heterocycles. The molecule has 0 atom stereocenters. The van der Waals surface area contributed by atoms with Crippen molar-refractivity contribution in [3.8, 4) is 22.9 Å². The maximum atomic E-state index is 12.3. The van der Waals surface area contributed by atoms with E-state index in [1.54, 1.807) is 45.1 Å². The lowest BCUT2D eigenvalue weighted by molar-refractivity contribution is -0.134. The minimum Gasteiger partial charge on any atom is -0.493 e. The summed E-state index contributed by atoms with van der Waals surface area (Å²) in [5.74, 6) is 2.05. The number of benzene rings is 1. The van der Waals surface area contributed by atoms with Gasteiger partial charge in [0.15, 0.2) is 11.5 Å². The van der Waals surface area contributed by atoms with Crippen molar-refractivity contribution in [1.82, 2.24) is 20.4 Å². The van der Waals surface area contributed by atoms with Crippen LogP contribution in [0.4, 0.5) is 0 Å². The number of aromatic nitrogens is 2. The zero-order valence-corrected chi connectivity index (χ0v) is 17.8. The van der Waals surface area contributed by atoms with Crippen molar-refractivity contribution in [2.75, 3.05) is 33.9 Å². The molecule has 0 saturated carbocycles. The standard InChI is InChI=1S/C21H28N4O5/c1-13(2)20(27)22-12-18(26)25-9-7-14(8-10-25)21-23-19(24-30-21)15-5-6-16(28-3)17(11-15)29-4/h5-6,11,13-14H,7-10,12H2,1-4H3,(H,22,27). The van der Waals surface area contributed by atoms with Gasteiger partial charge in [-0.05, 0) is 31.0 Å². The lowest BCUT2D eigenvalue weighted by Crippen LogP contribution is -2.44. The molecular weight excluding hydrogens is 388 g/mol. The first-order valence-corrected chi connectivity index (χ1v) is 10.0. The Morgan fingerprint density at radius 1 is 1.20 bits per heavy atom. The van der Waals surface area contributed by atoms with E-state index in [4.69, 9.17) is 14.0 Å². The molecule has 0 aliphatic carbocycles. The third-order valence-corrected chi connectivity index (χ3v) is 5.22. The van der Waals surface area contributed by atoms with Crippen molar-refractivity contribution in [1.29, 1.82) is 0 Å². The quantitative estimate of drug-likeness (QED) is 0.737. The number of hydrogen-bond acceptors (Lipinski definition) is 7. The third kappa shape index (κ3) is 4.90. The Balaban J connectivity index is 1.58. The summed E-state index contributed by atoms with van der Waals surface area (Å²) in [7, 11) is 3.16. The van der Waals surface area contributed by atoms with Crippen molar-refractivity contribution in [2.45, 2.75) is 32.6 Å². The largest absolute Gasteiger partial charge is 0.493 e. The van der Waals surface area contributed by atoms with E-state index in [1.807, 2.05) is 6.07 Å². The Morgan fingerprint density at radius 3 is 2.53 bits per heavy atom. The van der Waals surface area contributed by atoms with Crippen molar-refractivity contribution in [3.05, 3.63) is 24.1 Å². The van der Waals surface area contributed by atoms with Crippen LogP contribution in [-0.2, 0) is 9.59 Å². The molecule has 1 aromatic carbocycles. The molecule has 1 aliphatic heterocycles. The maximum Gasteiger partial charge on any atom is 0.241 e. The molecular formula is C21H28N4O5. The van der Waals surface area contributed by atoms with Gasteiger partial charge in [0.25, 0.3) is 0 Å². The zero-order chi connectivity index (χ0) is 21.7. The second-order valence-corrected chi connectivity index (χ2v) is 7.55. The summed E-state index contributed by atoms with van der Waals surface area (Å²) in [5.41, 5.74) is 0.774. The summed E-state index contributed by atoms with van der Waals surface area (Å²) in [4.78, 5) is 30.3. The van der Waals surface area contributed by atoms with E-state index in [1.165, 1.54) is 0 Å². The van der Waals surface area contributed by atoms with Gasteiger partial charge in [-0.25, -0.2) is 0 Å². The van der Waals surface area contributed by atoms with Crippen LogP contribution < -0.4 is 14.8 Å². The van der Waals surface area contributed by atoms with Crippen molar-refractivity contribution >= 4 is 11.8 Å². The molecule has 2 amide bonds. The van der Waals surface area contributed by atoms with Crippen LogP contribution in [0, 0.1) is 5.92 Å². The number of methoxy groups -OCH3 is 2. The van der Waals surface area contributed by atoms with Gasteiger partial charge in [0.2, 0.25) is 23.5 Å². The van der Waals surface area contributed by atoms with Crippen molar-refractivity contribution in [2.24, 2.45) is 5.92 Å². The number of carbonyl (C=O) groups excluding carboxylic acids is 2. The monoisotopic (exact) mass is 416 g/mol. The summed E-state index contributed by atoms with van der Waals surface area (Å²) >= 11 is 0. The highest BCUT2D eigenvalue weighted by Crippen LogP contribution is 2.33. The van der Waals surface area contributed by atoms with Crippen LogP contribution in [0.1, 0.15) is 38.5 Å². The molecule has 1 N–H and O–H groups in total. The Hall–Kier alpha value is -3.10. The van der Waals surface area contributed by atoms with E-state index >= 15 is 0 Å². The summed E-state index contributed by atoms with van der Waals surface area (Å²) in [6.07, 6.45) is 1.47. The summed E-state index contributed by atoms with van der Waals surface area (Å²) in [6, 6.07) is 5.45. The predicted octanol–water partition coefficient (Wildman–Crippen LogP) is 2.23. The maximum absolute atomic E-state index is 12.3. The van der Waals surface area contributed by atoms with Gasteiger partial charge in [-0.2, -0.15) is 4.98 Å². The number of rotatable bonds is 7. The number of carbonyl (C=O) groups is 2. The second kappa shape index (κ2) is 9.60. The summed E-state index contributed by atoms with van der Waals surface area (Å²) < 4.78 is 16.1. The Bertz CT molecular complexity index is 887. The third-order valence-electron chi connectivity index (χ3n) is 5.22. The van der Waals surface area contributed by atoms with Crippen LogP contribution >= 0.6 is 0 Å². The minimum absolute atomic E-state index is 0.0334. The number of hydrogen-bond donors (Lipinski definition) is 1. The molecule has 1 saturated heterocycles. The molecule has 3 rings (SSSR count). The fourth-order valence-electron chi connectivity index (χ4n) is 3.35. The number of likely N-dealkylation sites (tertiary alicyclic amines) is 1. The fourth-order valence-corrected chi connectivity index (χ4v) is 3.35. The van der Waals surface area contributed by atoms with Gasteiger partial charge < -0.3 is 24.2 Å². The van der Waals surface area contributed by atoms with Crippen LogP contribution in [0.15, 0.2) is 22.7 Å². The second-order valence-electron chi connectivity index (χ2n) is 7.55. The smallest absolute Gasteiger partial charge is 0.241 e. The highest BCUT2D eigenvalue weighted by atomic mass is 16.5. The van der Waals surface area contributed by atoms with Gasteiger partial charge in [0.1, 0.15) is 0 Å². The molecule has 0 bridgehead atoms. The molecule has 1 fully saturated rings. The first kappa shape index (κ1) is 21.6. The van der Waals surface area contributed by atoms with Crippen molar-refractivity contribution < 1.29 is 23.6 Å². The van der Waals surface area contributed by atoms with Gasteiger partial charge in [-0.3, -0.25) is 9.59 Å². The van der Waals surface area contributed by atoms with Gasteiger partial charge in [0, 0.05) is 30.5 Å². The van der Waals surface area contributed by atoms with Gasteiger partial charge >= 0.3 is 0 Å². The van der Waals surface area contributed by atoms with Crippen LogP contribution in [0.25, 0.3) is 11.4 Å². The van der Waals surface area contributed by atoms with Crippen LogP contribution in [0.3, 0.4) is 0 Å². The SMILES string of the molecule is COc1ccc(-c2noc(C3CCN(C(=O)CNC(=O)C(C)C)CC3)n2)cc1OC. The predicted molar refractivity (Wildman–Crippen MR) is 109 cm³/mol. The molecule has 0 spiro atoms. The highest BCUT2D eigenvalue weighted by Gasteiger charge is 2.28. The number of nitrogens with zero attached hydrogens (tertiary/aromatic N) is 3. The van der Waals surface area contributed by atoms with Gasteiger partial charge in [-0.15, -0.1) is 0 Å². The molecule has 2 aromatic rings. The van der Waals surface area contributed by atoms with E-state index in [0.717, 1.165) is 18.4 Å². The molecule has 0 unspecified atom stereocenters. The summed E-state index contributed by atoms with van der Waals surface area (Å²) in [5, 5.41) is 6.77. The number of piperidine rings is 1. The highest BCUT2D eigenvalue weighted by molar-refractivity contribution is 5.85. The normalized spacial score (nSPS) is 14.6. The molecule has 1 aliphatic rings. The molecule has 30 heavy (non-hydrogen) atoms. The molecule has 9 nitrogen and oxygen atoms in total. The molecule has 162 valence electrons. The fraction of sp³-hybridized carbons (Fsp3) is 0.524. The van der Waals surface area contributed by atoms with Crippen LogP contribution in [0.5, 0.6) is 11.5 Å². The van der Waals surface area contributed by atoms with Crippen LogP contribution in [-0.4, -0.2) is 60.7 Å².